The molecule has 0 radical (unpaired) electrons. The van der Waals surface area contributed by atoms with Gasteiger partial charge in [0, 0.05) is 23.8 Å². The van der Waals surface area contributed by atoms with E-state index in [1.807, 2.05) is 4.57 Å². The fourth-order valence-corrected chi connectivity index (χ4v) is 6.80. The SMILES string of the molecule is O=c1c2c3c(sc2nc(SC[C@H]2CCCO2)n1C[C@H]1CCCO1)CCCC3. The maximum atomic E-state index is 13.5. The van der Waals surface area contributed by atoms with E-state index in [9.17, 15) is 4.79 Å². The summed E-state index contributed by atoms with van der Waals surface area (Å²) in [6.45, 7) is 2.29. The van der Waals surface area contributed by atoms with Gasteiger partial charge in [-0.05, 0) is 56.9 Å². The molecule has 7 heteroatoms. The fourth-order valence-electron chi connectivity index (χ4n) is 4.43. The van der Waals surface area contributed by atoms with E-state index in [4.69, 9.17) is 14.5 Å². The van der Waals surface area contributed by atoms with Crippen molar-refractivity contribution in [2.75, 3.05) is 19.0 Å². The Morgan fingerprint density at radius 2 is 1.85 bits per heavy atom. The Hall–Kier alpha value is -0.890. The predicted octanol–water partition coefficient (Wildman–Crippen LogP) is 3.79. The number of thiophene rings is 1. The summed E-state index contributed by atoms with van der Waals surface area (Å²) in [6, 6.07) is 0. The third kappa shape index (κ3) is 3.59. The third-order valence-corrected chi connectivity index (χ3v) is 8.17. The average molecular weight is 407 g/mol. The molecule has 3 aliphatic rings. The number of aryl methyl sites for hydroxylation is 2. The van der Waals surface area contributed by atoms with Gasteiger partial charge in [-0.3, -0.25) is 9.36 Å². The molecule has 27 heavy (non-hydrogen) atoms. The minimum atomic E-state index is 0.137. The topological polar surface area (TPSA) is 53.3 Å². The Morgan fingerprint density at radius 1 is 1.07 bits per heavy atom. The van der Waals surface area contributed by atoms with Crippen LogP contribution < -0.4 is 5.56 Å². The van der Waals surface area contributed by atoms with Gasteiger partial charge in [0.25, 0.3) is 5.56 Å². The molecule has 5 nitrogen and oxygen atoms in total. The van der Waals surface area contributed by atoms with E-state index in [-0.39, 0.29) is 17.8 Å². The van der Waals surface area contributed by atoms with Crippen LogP contribution in [0.15, 0.2) is 9.95 Å². The normalized spacial score (nSPS) is 25.3. The van der Waals surface area contributed by atoms with Crippen molar-refractivity contribution in [2.45, 2.75) is 75.3 Å². The molecule has 5 rings (SSSR count). The number of hydrogen-bond donors (Lipinski definition) is 0. The van der Waals surface area contributed by atoms with Gasteiger partial charge in [-0.2, -0.15) is 0 Å². The van der Waals surface area contributed by atoms with Gasteiger partial charge < -0.3 is 9.47 Å². The zero-order chi connectivity index (χ0) is 18.2. The summed E-state index contributed by atoms with van der Waals surface area (Å²) in [5.41, 5.74) is 1.42. The number of hydrogen-bond acceptors (Lipinski definition) is 6. The van der Waals surface area contributed by atoms with Crippen LogP contribution in [0, 0.1) is 0 Å². The van der Waals surface area contributed by atoms with Crippen molar-refractivity contribution in [1.29, 1.82) is 0 Å². The maximum absolute atomic E-state index is 13.5. The van der Waals surface area contributed by atoms with E-state index in [0.717, 1.165) is 72.9 Å². The molecule has 2 aromatic rings. The summed E-state index contributed by atoms with van der Waals surface area (Å²) in [6.07, 6.45) is 9.31. The van der Waals surface area contributed by atoms with Crippen molar-refractivity contribution in [3.8, 4) is 0 Å². The Labute approximate surface area is 167 Å². The molecule has 0 amide bonds. The molecule has 1 aliphatic carbocycles. The maximum Gasteiger partial charge on any atom is 0.263 e. The molecule has 0 aromatic carbocycles. The Balaban J connectivity index is 1.54. The second-order valence-electron chi connectivity index (χ2n) is 7.78. The summed E-state index contributed by atoms with van der Waals surface area (Å²) >= 11 is 3.42. The van der Waals surface area contributed by atoms with Crippen LogP contribution in [-0.4, -0.2) is 40.7 Å². The smallest absolute Gasteiger partial charge is 0.263 e. The van der Waals surface area contributed by atoms with E-state index in [1.54, 1.807) is 23.1 Å². The highest BCUT2D eigenvalue weighted by molar-refractivity contribution is 7.99. The highest BCUT2D eigenvalue weighted by Gasteiger charge is 2.25. The van der Waals surface area contributed by atoms with E-state index >= 15 is 0 Å². The van der Waals surface area contributed by atoms with Gasteiger partial charge in [0.2, 0.25) is 0 Å². The summed E-state index contributed by atoms with van der Waals surface area (Å²) in [5, 5.41) is 1.73. The molecule has 0 N–H and O–H groups in total. The van der Waals surface area contributed by atoms with Gasteiger partial charge in [-0.1, -0.05) is 11.8 Å². The standard InChI is InChI=1S/C20H26N2O3S2/c23-19-17-15-7-1-2-8-16(15)27-18(17)21-20(26-12-14-6-4-10-25-14)22(19)11-13-5-3-9-24-13/h13-14H,1-12H2/t13-,14-/m1/s1. The van der Waals surface area contributed by atoms with Crippen LogP contribution in [0.1, 0.15) is 49.0 Å². The van der Waals surface area contributed by atoms with Crippen LogP contribution >= 0.6 is 23.1 Å². The van der Waals surface area contributed by atoms with Gasteiger partial charge in [0.1, 0.15) is 4.83 Å². The molecule has 2 atom stereocenters. The number of rotatable bonds is 5. The number of fused-ring (bicyclic) bond motifs is 3. The van der Waals surface area contributed by atoms with Crippen LogP contribution in [0.25, 0.3) is 10.2 Å². The Bertz CT molecular complexity index is 879. The van der Waals surface area contributed by atoms with Crippen LogP contribution in [0.3, 0.4) is 0 Å². The lowest BCUT2D eigenvalue weighted by atomic mass is 9.97. The summed E-state index contributed by atoms with van der Waals surface area (Å²) in [7, 11) is 0. The second-order valence-corrected chi connectivity index (χ2v) is 9.85. The number of aromatic nitrogens is 2. The minimum Gasteiger partial charge on any atom is -0.377 e. The zero-order valence-corrected chi connectivity index (χ0v) is 17.2. The van der Waals surface area contributed by atoms with Crippen molar-refractivity contribution in [2.24, 2.45) is 0 Å². The summed E-state index contributed by atoms with van der Waals surface area (Å²) in [4.78, 5) is 20.8. The fraction of sp³-hybridized carbons (Fsp3) is 0.700. The first-order valence-electron chi connectivity index (χ1n) is 10.2. The summed E-state index contributed by atoms with van der Waals surface area (Å²) < 4.78 is 13.5. The van der Waals surface area contributed by atoms with Gasteiger partial charge in [0.15, 0.2) is 5.16 Å². The zero-order valence-electron chi connectivity index (χ0n) is 15.6. The molecule has 2 aliphatic heterocycles. The lowest BCUT2D eigenvalue weighted by Crippen LogP contribution is -2.29. The highest BCUT2D eigenvalue weighted by Crippen LogP contribution is 2.35. The molecule has 0 saturated carbocycles. The summed E-state index contributed by atoms with van der Waals surface area (Å²) in [5.74, 6) is 0.870. The lowest BCUT2D eigenvalue weighted by Gasteiger charge is -2.17. The molecule has 146 valence electrons. The van der Waals surface area contributed by atoms with Gasteiger partial charge >= 0.3 is 0 Å². The Morgan fingerprint density at radius 3 is 2.63 bits per heavy atom. The second kappa shape index (κ2) is 7.85. The van der Waals surface area contributed by atoms with E-state index in [2.05, 4.69) is 0 Å². The third-order valence-electron chi connectivity index (χ3n) is 5.87. The monoisotopic (exact) mass is 406 g/mol. The molecule has 0 bridgehead atoms. The molecule has 0 unspecified atom stereocenters. The van der Waals surface area contributed by atoms with Crippen molar-refractivity contribution in [3.05, 3.63) is 20.8 Å². The molecular formula is C20H26N2O3S2. The molecule has 2 saturated heterocycles. The van der Waals surface area contributed by atoms with Crippen molar-refractivity contribution >= 4 is 33.3 Å². The van der Waals surface area contributed by atoms with Crippen molar-refractivity contribution < 1.29 is 9.47 Å². The first kappa shape index (κ1) is 18.2. The van der Waals surface area contributed by atoms with Crippen molar-refractivity contribution in [3.63, 3.8) is 0 Å². The number of thioether (sulfide) groups is 1. The van der Waals surface area contributed by atoms with E-state index in [0.29, 0.717) is 6.54 Å². The molecule has 2 fully saturated rings. The number of ether oxygens (including phenoxy) is 2. The Kier molecular flexibility index (Phi) is 5.28. The van der Waals surface area contributed by atoms with Crippen LogP contribution in [-0.2, 0) is 28.9 Å². The average Bonchev–Trinajstić information content (AvgIpc) is 3.43. The van der Waals surface area contributed by atoms with Gasteiger partial charge in [-0.25, -0.2) is 4.98 Å². The lowest BCUT2D eigenvalue weighted by molar-refractivity contribution is 0.0937. The minimum absolute atomic E-state index is 0.137. The van der Waals surface area contributed by atoms with Crippen molar-refractivity contribution in [1.82, 2.24) is 9.55 Å². The van der Waals surface area contributed by atoms with E-state index in [1.165, 1.54) is 23.3 Å². The first-order valence-corrected chi connectivity index (χ1v) is 12.0. The number of nitrogens with zero attached hydrogens (tertiary/aromatic N) is 2. The first-order chi connectivity index (χ1) is 13.3. The predicted molar refractivity (Wildman–Crippen MR) is 109 cm³/mol. The quantitative estimate of drug-likeness (QED) is 0.559. The molecule has 4 heterocycles. The van der Waals surface area contributed by atoms with Crippen LogP contribution in [0.2, 0.25) is 0 Å². The molecule has 0 spiro atoms. The van der Waals surface area contributed by atoms with Crippen LogP contribution in [0.5, 0.6) is 0 Å². The van der Waals surface area contributed by atoms with E-state index < -0.39 is 0 Å². The van der Waals surface area contributed by atoms with Crippen LogP contribution in [0.4, 0.5) is 0 Å². The highest BCUT2D eigenvalue weighted by atomic mass is 32.2. The largest absolute Gasteiger partial charge is 0.377 e. The van der Waals surface area contributed by atoms with Gasteiger partial charge in [-0.15, -0.1) is 11.3 Å². The molecular weight excluding hydrogens is 380 g/mol. The van der Waals surface area contributed by atoms with Gasteiger partial charge in [0.05, 0.1) is 24.1 Å². The molecule has 2 aromatic heterocycles.